The molecule has 22 heavy (non-hydrogen) atoms. The summed E-state index contributed by atoms with van der Waals surface area (Å²) >= 11 is 3.24. The number of hydrogen-bond acceptors (Lipinski definition) is 4. The number of benzene rings is 2. The highest BCUT2D eigenvalue weighted by Gasteiger charge is 2.04. The third kappa shape index (κ3) is 4.08. The van der Waals surface area contributed by atoms with E-state index < -0.39 is 0 Å². The molecule has 0 aliphatic rings. The predicted octanol–water partition coefficient (Wildman–Crippen LogP) is 5.63. The van der Waals surface area contributed by atoms with E-state index in [1.54, 1.807) is 35.2 Å². The average Bonchev–Trinajstić information content (AvgIpc) is 2.97. The summed E-state index contributed by atoms with van der Waals surface area (Å²) in [7, 11) is 0. The van der Waals surface area contributed by atoms with Crippen LogP contribution in [0.4, 0.5) is 15.2 Å². The Hall–Kier alpha value is -1.85. The van der Waals surface area contributed by atoms with Crippen molar-refractivity contribution >= 4 is 33.9 Å². The van der Waals surface area contributed by atoms with E-state index in [0.29, 0.717) is 0 Å². The van der Waals surface area contributed by atoms with Gasteiger partial charge in [-0.25, -0.2) is 9.37 Å². The molecule has 1 aromatic heterocycles. The summed E-state index contributed by atoms with van der Waals surface area (Å²) in [6, 6.07) is 14.8. The number of nitrogens with zero attached hydrogens (tertiary/aromatic N) is 1. The van der Waals surface area contributed by atoms with Crippen molar-refractivity contribution in [2.45, 2.75) is 17.6 Å². The number of halogens is 1. The smallest absolute Gasteiger partial charge is 0.187 e. The van der Waals surface area contributed by atoms with Crippen molar-refractivity contribution in [3.63, 3.8) is 0 Å². The highest BCUT2D eigenvalue weighted by molar-refractivity contribution is 7.98. The minimum Gasteiger partial charge on any atom is -0.332 e. The Morgan fingerprint density at radius 2 is 1.82 bits per heavy atom. The second-order valence-electron chi connectivity index (χ2n) is 4.88. The molecule has 0 spiro atoms. The van der Waals surface area contributed by atoms with Gasteiger partial charge in [-0.3, -0.25) is 0 Å². The lowest BCUT2D eigenvalue weighted by atomic mass is 10.2. The van der Waals surface area contributed by atoms with Crippen molar-refractivity contribution < 1.29 is 4.39 Å². The lowest BCUT2D eigenvalue weighted by Gasteiger charge is -2.02. The van der Waals surface area contributed by atoms with Crippen LogP contribution < -0.4 is 5.32 Å². The van der Waals surface area contributed by atoms with E-state index >= 15 is 0 Å². The largest absolute Gasteiger partial charge is 0.332 e. The standard InChI is InChI=1S/C17H15FN2S2/c1-12-2-6-14(7-3-12)19-17-20-15(11-22-17)10-21-16-8-4-13(18)5-9-16/h2-9,11H,10H2,1H3,(H,19,20). The van der Waals surface area contributed by atoms with Crippen LogP contribution >= 0.6 is 23.1 Å². The molecule has 0 saturated heterocycles. The quantitative estimate of drug-likeness (QED) is 0.614. The number of rotatable bonds is 5. The van der Waals surface area contributed by atoms with Gasteiger partial charge >= 0.3 is 0 Å². The molecule has 3 aromatic rings. The van der Waals surface area contributed by atoms with Crippen molar-refractivity contribution in [2.24, 2.45) is 0 Å². The van der Waals surface area contributed by atoms with Gasteiger partial charge in [0.1, 0.15) is 5.82 Å². The van der Waals surface area contributed by atoms with Crippen LogP contribution in [0.1, 0.15) is 11.3 Å². The zero-order valence-electron chi connectivity index (χ0n) is 12.0. The van der Waals surface area contributed by atoms with E-state index in [1.165, 1.54) is 17.7 Å². The molecule has 0 fully saturated rings. The van der Waals surface area contributed by atoms with Gasteiger partial charge in [0.15, 0.2) is 5.13 Å². The van der Waals surface area contributed by atoms with E-state index in [2.05, 4.69) is 29.4 Å². The summed E-state index contributed by atoms with van der Waals surface area (Å²) in [6.45, 7) is 2.07. The van der Waals surface area contributed by atoms with Gasteiger partial charge in [-0.1, -0.05) is 17.7 Å². The average molecular weight is 330 g/mol. The second kappa shape index (κ2) is 6.94. The number of aromatic nitrogens is 1. The Morgan fingerprint density at radius 1 is 1.09 bits per heavy atom. The first-order chi connectivity index (χ1) is 10.7. The van der Waals surface area contributed by atoms with E-state index in [0.717, 1.165) is 27.2 Å². The van der Waals surface area contributed by atoms with E-state index in [9.17, 15) is 4.39 Å². The van der Waals surface area contributed by atoms with Crippen molar-refractivity contribution in [3.05, 3.63) is 71.0 Å². The van der Waals surface area contributed by atoms with Crippen LogP contribution in [0.25, 0.3) is 0 Å². The van der Waals surface area contributed by atoms with Gasteiger partial charge in [0.25, 0.3) is 0 Å². The summed E-state index contributed by atoms with van der Waals surface area (Å²) in [5, 5.41) is 6.24. The monoisotopic (exact) mass is 330 g/mol. The van der Waals surface area contributed by atoms with E-state index in [4.69, 9.17) is 0 Å². The first-order valence-electron chi connectivity index (χ1n) is 6.85. The zero-order valence-corrected chi connectivity index (χ0v) is 13.7. The maximum atomic E-state index is 12.9. The van der Waals surface area contributed by atoms with Crippen LogP contribution in [0.2, 0.25) is 0 Å². The molecule has 0 amide bonds. The molecular weight excluding hydrogens is 315 g/mol. The van der Waals surface area contributed by atoms with Gasteiger partial charge in [0.2, 0.25) is 0 Å². The van der Waals surface area contributed by atoms with Crippen molar-refractivity contribution in [1.82, 2.24) is 4.98 Å². The maximum Gasteiger partial charge on any atom is 0.187 e. The predicted molar refractivity (Wildman–Crippen MR) is 92.5 cm³/mol. The molecule has 0 unspecified atom stereocenters. The summed E-state index contributed by atoms with van der Waals surface area (Å²) in [5.41, 5.74) is 3.30. The minimum atomic E-state index is -0.206. The molecule has 0 bridgehead atoms. The summed E-state index contributed by atoms with van der Waals surface area (Å²) in [4.78, 5) is 5.62. The Morgan fingerprint density at radius 3 is 2.55 bits per heavy atom. The summed E-state index contributed by atoms with van der Waals surface area (Å²) < 4.78 is 12.9. The molecule has 0 atom stereocenters. The highest BCUT2D eigenvalue weighted by Crippen LogP contribution is 2.26. The van der Waals surface area contributed by atoms with Gasteiger partial charge in [0, 0.05) is 21.7 Å². The number of hydrogen-bond donors (Lipinski definition) is 1. The Labute approximate surface area is 137 Å². The van der Waals surface area contributed by atoms with Crippen LogP contribution in [0.15, 0.2) is 58.8 Å². The van der Waals surface area contributed by atoms with Crippen LogP contribution in [0, 0.1) is 12.7 Å². The highest BCUT2D eigenvalue weighted by atomic mass is 32.2. The van der Waals surface area contributed by atoms with Gasteiger partial charge in [-0.2, -0.15) is 0 Å². The van der Waals surface area contributed by atoms with Gasteiger partial charge in [0.05, 0.1) is 5.69 Å². The third-order valence-corrected chi connectivity index (χ3v) is 4.91. The molecule has 112 valence electrons. The van der Waals surface area contributed by atoms with Crippen LogP contribution in [-0.4, -0.2) is 4.98 Å². The molecular formula is C17H15FN2S2. The van der Waals surface area contributed by atoms with Crippen LogP contribution in [-0.2, 0) is 5.75 Å². The SMILES string of the molecule is Cc1ccc(Nc2nc(CSc3ccc(F)cc3)cs2)cc1. The second-order valence-corrected chi connectivity index (χ2v) is 6.78. The molecule has 0 saturated carbocycles. The van der Waals surface area contributed by atoms with Gasteiger partial charge in [-0.15, -0.1) is 23.1 Å². The van der Waals surface area contributed by atoms with Crippen molar-refractivity contribution in [1.29, 1.82) is 0 Å². The van der Waals surface area contributed by atoms with Crippen LogP contribution in [0.5, 0.6) is 0 Å². The first-order valence-corrected chi connectivity index (χ1v) is 8.72. The third-order valence-electron chi connectivity index (χ3n) is 3.05. The molecule has 3 rings (SSSR count). The normalized spacial score (nSPS) is 10.6. The minimum absolute atomic E-state index is 0.206. The molecule has 0 aliphatic heterocycles. The number of aryl methyl sites for hydroxylation is 1. The number of nitrogens with one attached hydrogen (secondary N) is 1. The topological polar surface area (TPSA) is 24.9 Å². The van der Waals surface area contributed by atoms with Gasteiger partial charge in [-0.05, 0) is 43.3 Å². The molecule has 2 aromatic carbocycles. The number of anilines is 2. The Bertz CT molecular complexity index is 736. The van der Waals surface area contributed by atoms with Crippen LogP contribution in [0.3, 0.4) is 0 Å². The Kier molecular flexibility index (Phi) is 4.75. The van der Waals surface area contributed by atoms with E-state index in [1.807, 2.05) is 17.5 Å². The molecule has 0 radical (unpaired) electrons. The first kappa shape index (κ1) is 15.1. The lowest BCUT2D eigenvalue weighted by molar-refractivity contribution is 0.626. The Balaban J connectivity index is 1.59. The van der Waals surface area contributed by atoms with E-state index in [-0.39, 0.29) is 5.82 Å². The summed E-state index contributed by atoms with van der Waals surface area (Å²) in [5.74, 6) is 0.570. The maximum absolute atomic E-state index is 12.9. The fourth-order valence-electron chi connectivity index (χ4n) is 1.88. The number of thiazole rings is 1. The fraction of sp³-hybridized carbons (Fsp3) is 0.118. The molecule has 0 aliphatic carbocycles. The number of thioether (sulfide) groups is 1. The van der Waals surface area contributed by atoms with Crippen molar-refractivity contribution in [3.8, 4) is 0 Å². The fourth-order valence-corrected chi connectivity index (χ4v) is 3.51. The molecule has 2 nitrogen and oxygen atoms in total. The lowest BCUT2D eigenvalue weighted by Crippen LogP contribution is -1.90. The summed E-state index contributed by atoms with van der Waals surface area (Å²) in [6.07, 6.45) is 0. The van der Waals surface area contributed by atoms with Crippen molar-refractivity contribution in [2.75, 3.05) is 5.32 Å². The van der Waals surface area contributed by atoms with Gasteiger partial charge < -0.3 is 5.32 Å². The molecule has 1 N–H and O–H groups in total. The zero-order chi connectivity index (χ0) is 15.4. The molecule has 1 heterocycles. The molecule has 5 heteroatoms.